The standard InChI is InChI=1S/C7H5ClF2O2S/c1-4-2-5(9)3-6(10)7(4)13(8,11)12/h2-3H,1H3. The van der Waals surface area contributed by atoms with Gasteiger partial charge in [0.25, 0.3) is 9.05 Å². The van der Waals surface area contributed by atoms with Gasteiger partial charge < -0.3 is 0 Å². The Morgan fingerprint density at radius 2 is 1.85 bits per heavy atom. The van der Waals surface area contributed by atoms with Crippen molar-refractivity contribution in [3.05, 3.63) is 29.3 Å². The average molecular weight is 227 g/mol. The fraction of sp³-hybridized carbons (Fsp3) is 0.143. The molecule has 0 aliphatic heterocycles. The van der Waals surface area contributed by atoms with Crippen LogP contribution in [0.3, 0.4) is 0 Å². The predicted octanol–water partition coefficient (Wildman–Crippen LogP) is 2.20. The lowest BCUT2D eigenvalue weighted by atomic mass is 10.2. The summed E-state index contributed by atoms with van der Waals surface area (Å²) in [6.45, 7) is 1.27. The highest BCUT2D eigenvalue weighted by molar-refractivity contribution is 8.13. The summed E-state index contributed by atoms with van der Waals surface area (Å²) in [6.07, 6.45) is 0. The van der Waals surface area contributed by atoms with E-state index in [0.29, 0.717) is 6.07 Å². The summed E-state index contributed by atoms with van der Waals surface area (Å²) in [7, 11) is 0.781. The maximum Gasteiger partial charge on any atom is 0.264 e. The lowest BCUT2D eigenvalue weighted by Gasteiger charge is -2.02. The highest BCUT2D eigenvalue weighted by Crippen LogP contribution is 2.23. The van der Waals surface area contributed by atoms with Crippen LogP contribution in [0.25, 0.3) is 0 Å². The monoisotopic (exact) mass is 226 g/mol. The van der Waals surface area contributed by atoms with Gasteiger partial charge in [-0.15, -0.1) is 0 Å². The molecule has 0 unspecified atom stereocenters. The maximum atomic E-state index is 12.9. The zero-order valence-electron chi connectivity index (χ0n) is 6.51. The lowest BCUT2D eigenvalue weighted by molar-refractivity contribution is 0.550. The summed E-state index contributed by atoms with van der Waals surface area (Å²) in [5.41, 5.74) is -0.0486. The summed E-state index contributed by atoms with van der Waals surface area (Å²) >= 11 is 0. The first-order valence-corrected chi connectivity index (χ1v) is 5.53. The van der Waals surface area contributed by atoms with Crippen LogP contribution in [0.1, 0.15) is 5.56 Å². The van der Waals surface area contributed by atoms with Gasteiger partial charge in [-0.3, -0.25) is 0 Å². The molecule has 72 valence electrons. The fourth-order valence-corrected chi connectivity index (χ4v) is 2.32. The normalized spacial score (nSPS) is 11.7. The molecule has 1 aromatic rings. The lowest BCUT2D eigenvalue weighted by Crippen LogP contribution is -1.99. The van der Waals surface area contributed by atoms with Crippen LogP contribution >= 0.6 is 10.7 Å². The second-order valence-corrected chi connectivity index (χ2v) is 4.97. The molecule has 0 radical (unpaired) electrons. The molecule has 0 aromatic heterocycles. The van der Waals surface area contributed by atoms with Crippen molar-refractivity contribution in [3.63, 3.8) is 0 Å². The summed E-state index contributed by atoms with van der Waals surface area (Å²) in [5, 5.41) is 0. The van der Waals surface area contributed by atoms with Crippen molar-refractivity contribution in [3.8, 4) is 0 Å². The number of hydrogen-bond donors (Lipinski definition) is 0. The third kappa shape index (κ3) is 2.16. The van der Waals surface area contributed by atoms with E-state index < -0.39 is 25.6 Å². The van der Waals surface area contributed by atoms with Crippen LogP contribution < -0.4 is 0 Å². The van der Waals surface area contributed by atoms with Gasteiger partial charge in [-0.05, 0) is 18.6 Å². The number of benzene rings is 1. The van der Waals surface area contributed by atoms with Gasteiger partial charge in [-0.1, -0.05) is 0 Å². The molecule has 1 rings (SSSR count). The van der Waals surface area contributed by atoms with Gasteiger partial charge in [0, 0.05) is 16.7 Å². The van der Waals surface area contributed by atoms with Gasteiger partial charge in [0.05, 0.1) is 0 Å². The summed E-state index contributed by atoms with van der Waals surface area (Å²) in [5.74, 6) is -2.01. The van der Waals surface area contributed by atoms with E-state index in [-0.39, 0.29) is 5.56 Å². The van der Waals surface area contributed by atoms with E-state index >= 15 is 0 Å². The van der Waals surface area contributed by atoms with E-state index in [1.165, 1.54) is 6.92 Å². The molecule has 0 atom stereocenters. The Kier molecular flexibility index (Phi) is 2.58. The van der Waals surface area contributed by atoms with Crippen LogP contribution in [0.2, 0.25) is 0 Å². The number of halogens is 3. The molecule has 0 aliphatic carbocycles. The molecule has 0 bridgehead atoms. The summed E-state index contributed by atoms with van der Waals surface area (Å²) < 4.78 is 47.0. The molecule has 0 N–H and O–H groups in total. The van der Waals surface area contributed by atoms with E-state index in [1.807, 2.05) is 0 Å². The molecule has 0 saturated heterocycles. The van der Waals surface area contributed by atoms with Crippen molar-refractivity contribution >= 4 is 19.7 Å². The molecule has 0 saturated carbocycles. The Morgan fingerprint density at radius 3 is 2.23 bits per heavy atom. The molecule has 0 spiro atoms. The second-order valence-electron chi connectivity index (χ2n) is 2.47. The first kappa shape index (κ1) is 10.4. The van der Waals surface area contributed by atoms with Gasteiger partial charge in [0.1, 0.15) is 16.5 Å². The smallest absolute Gasteiger partial charge is 0.207 e. The third-order valence-corrected chi connectivity index (χ3v) is 2.91. The zero-order valence-corrected chi connectivity index (χ0v) is 8.09. The van der Waals surface area contributed by atoms with Crippen molar-refractivity contribution < 1.29 is 17.2 Å². The molecular weight excluding hydrogens is 222 g/mol. The molecule has 0 aliphatic rings. The van der Waals surface area contributed by atoms with Crippen LogP contribution in [0, 0.1) is 18.6 Å². The predicted molar refractivity (Wildman–Crippen MR) is 44.1 cm³/mol. The molecule has 0 fully saturated rings. The minimum atomic E-state index is -4.15. The van der Waals surface area contributed by atoms with Gasteiger partial charge in [0.15, 0.2) is 0 Å². The second kappa shape index (κ2) is 3.23. The molecule has 1 aromatic carbocycles. The highest BCUT2D eigenvalue weighted by Gasteiger charge is 2.19. The first-order valence-electron chi connectivity index (χ1n) is 3.22. The Balaban J connectivity index is 3.57. The Labute approximate surface area is 78.6 Å². The molecule has 0 heterocycles. The SMILES string of the molecule is Cc1cc(F)cc(F)c1S(=O)(=O)Cl. The maximum absolute atomic E-state index is 12.9. The number of rotatable bonds is 1. The highest BCUT2D eigenvalue weighted by atomic mass is 35.7. The summed E-state index contributed by atoms with van der Waals surface area (Å²) in [4.78, 5) is -0.671. The number of aryl methyl sites for hydroxylation is 1. The van der Waals surface area contributed by atoms with Gasteiger partial charge in [-0.2, -0.15) is 0 Å². The van der Waals surface area contributed by atoms with Crippen LogP contribution in [-0.4, -0.2) is 8.42 Å². The minimum Gasteiger partial charge on any atom is -0.207 e. The molecular formula is C7H5ClF2O2S. The van der Waals surface area contributed by atoms with Crippen LogP contribution in [0.15, 0.2) is 17.0 Å². The Bertz CT molecular complexity index is 419. The van der Waals surface area contributed by atoms with Crippen molar-refractivity contribution in [1.82, 2.24) is 0 Å². The molecule has 6 heteroatoms. The topological polar surface area (TPSA) is 34.1 Å². The van der Waals surface area contributed by atoms with Crippen molar-refractivity contribution in [2.45, 2.75) is 11.8 Å². The van der Waals surface area contributed by atoms with Gasteiger partial charge in [-0.25, -0.2) is 17.2 Å². The van der Waals surface area contributed by atoms with E-state index in [4.69, 9.17) is 10.7 Å². The minimum absolute atomic E-state index is 0.0486. The van der Waals surface area contributed by atoms with Gasteiger partial charge in [0.2, 0.25) is 0 Å². The van der Waals surface area contributed by atoms with Crippen molar-refractivity contribution in [1.29, 1.82) is 0 Å². The average Bonchev–Trinajstić information content (AvgIpc) is 1.78. The Morgan fingerprint density at radius 1 is 1.31 bits per heavy atom. The molecule has 2 nitrogen and oxygen atoms in total. The quantitative estimate of drug-likeness (QED) is 0.688. The van der Waals surface area contributed by atoms with Crippen LogP contribution in [-0.2, 0) is 9.05 Å². The van der Waals surface area contributed by atoms with E-state index in [1.54, 1.807) is 0 Å². The van der Waals surface area contributed by atoms with E-state index in [2.05, 4.69) is 0 Å². The van der Waals surface area contributed by atoms with E-state index in [0.717, 1.165) is 6.07 Å². The van der Waals surface area contributed by atoms with Crippen molar-refractivity contribution in [2.24, 2.45) is 0 Å². The van der Waals surface area contributed by atoms with E-state index in [9.17, 15) is 17.2 Å². The number of hydrogen-bond acceptors (Lipinski definition) is 2. The van der Waals surface area contributed by atoms with Crippen LogP contribution in [0.5, 0.6) is 0 Å². The molecule has 13 heavy (non-hydrogen) atoms. The van der Waals surface area contributed by atoms with Gasteiger partial charge >= 0.3 is 0 Å². The molecule has 0 amide bonds. The fourth-order valence-electron chi connectivity index (χ4n) is 0.998. The summed E-state index contributed by atoms with van der Waals surface area (Å²) in [6, 6.07) is 1.38. The largest absolute Gasteiger partial charge is 0.264 e. The first-order chi connectivity index (χ1) is 5.82. The van der Waals surface area contributed by atoms with Crippen LogP contribution in [0.4, 0.5) is 8.78 Å². The zero-order chi connectivity index (χ0) is 10.2. The third-order valence-electron chi connectivity index (χ3n) is 1.44. The Hall–Kier alpha value is -0.680. The van der Waals surface area contributed by atoms with Crippen molar-refractivity contribution in [2.75, 3.05) is 0 Å².